The molecule has 0 fully saturated rings. The summed E-state index contributed by atoms with van der Waals surface area (Å²) in [5.41, 5.74) is -1.54. The van der Waals surface area contributed by atoms with Crippen molar-refractivity contribution in [3.63, 3.8) is 0 Å². The summed E-state index contributed by atoms with van der Waals surface area (Å²) in [5, 5.41) is 17.9. The molecule has 1 heterocycles. The van der Waals surface area contributed by atoms with E-state index in [9.17, 15) is 18.7 Å². The van der Waals surface area contributed by atoms with Crippen molar-refractivity contribution in [2.45, 2.75) is 11.8 Å². The summed E-state index contributed by atoms with van der Waals surface area (Å²) in [6.07, 6.45) is -2.99. The number of nitrogens with zero attached hydrogens (tertiary/aromatic N) is 1. The number of carbonyl (C=O) groups is 1. The second-order valence-corrected chi connectivity index (χ2v) is 3.19. The van der Waals surface area contributed by atoms with Gasteiger partial charge in [0.2, 0.25) is 0 Å². The molecule has 0 aliphatic heterocycles. The number of carboxylic acids is 1. The van der Waals surface area contributed by atoms with Crippen LogP contribution in [-0.4, -0.2) is 21.2 Å². The lowest BCUT2D eigenvalue weighted by atomic mass is 10.1. The first kappa shape index (κ1) is 11.8. The zero-order valence-corrected chi connectivity index (χ0v) is 8.83. The lowest BCUT2D eigenvalue weighted by Gasteiger charge is -2.07. The number of pyridine rings is 1. The van der Waals surface area contributed by atoms with Crippen molar-refractivity contribution in [2.75, 3.05) is 0 Å². The number of aromatic hydroxyl groups is 1. The third-order valence-corrected chi connectivity index (χ3v) is 2.20. The van der Waals surface area contributed by atoms with Crippen LogP contribution in [0.25, 0.3) is 0 Å². The zero-order chi connectivity index (χ0) is 11.6. The third kappa shape index (κ3) is 2.41. The van der Waals surface area contributed by atoms with E-state index in [0.29, 0.717) is 0 Å². The van der Waals surface area contributed by atoms with Gasteiger partial charge < -0.3 is 10.2 Å². The predicted molar refractivity (Wildman–Crippen MR) is 50.4 cm³/mol. The van der Waals surface area contributed by atoms with Crippen LogP contribution in [0.4, 0.5) is 8.78 Å². The number of aromatic carboxylic acids is 1. The van der Waals surface area contributed by atoms with Gasteiger partial charge in [-0.15, -0.1) is 0 Å². The molecule has 0 radical (unpaired) electrons. The molecule has 0 aliphatic carbocycles. The number of aromatic nitrogens is 1. The molecule has 1 aromatic heterocycles. The van der Waals surface area contributed by atoms with Gasteiger partial charge in [-0.25, -0.2) is 18.6 Å². The van der Waals surface area contributed by atoms with Crippen molar-refractivity contribution in [1.82, 2.24) is 4.98 Å². The highest BCUT2D eigenvalue weighted by Gasteiger charge is 2.22. The summed E-state index contributed by atoms with van der Waals surface area (Å²) in [6.45, 7) is 0. The second-order valence-electron chi connectivity index (χ2n) is 2.63. The Bertz CT molecular complexity index is 398. The number of hydrogen-bond donors (Lipinski definition) is 2. The van der Waals surface area contributed by atoms with E-state index in [1.807, 2.05) is 0 Å². The first-order valence-corrected chi connectivity index (χ1v) is 4.89. The Kier molecular flexibility index (Phi) is 3.57. The van der Waals surface area contributed by atoms with Gasteiger partial charge >= 0.3 is 5.97 Å². The van der Waals surface area contributed by atoms with Gasteiger partial charge in [-0.2, -0.15) is 0 Å². The Morgan fingerprint density at radius 3 is 2.60 bits per heavy atom. The maximum atomic E-state index is 12.4. The predicted octanol–water partition coefficient (Wildman–Crippen LogP) is 2.32. The zero-order valence-electron chi connectivity index (χ0n) is 7.25. The molecule has 4 nitrogen and oxygen atoms in total. The molecule has 7 heteroatoms. The van der Waals surface area contributed by atoms with Crippen molar-refractivity contribution in [3.8, 4) is 5.75 Å². The first-order valence-electron chi connectivity index (χ1n) is 3.77. The summed E-state index contributed by atoms with van der Waals surface area (Å²) in [7, 11) is 0. The number of halogens is 3. The lowest BCUT2D eigenvalue weighted by Crippen LogP contribution is -2.07. The average Bonchev–Trinajstić information content (AvgIpc) is 2.16. The van der Waals surface area contributed by atoms with Gasteiger partial charge in [0.15, 0.2) is 0 Å². The van der Waals surface area contributed by atoms with Crippen LogP contribution in [0.3, 0.4) is 0 Å². The van der Waals surface area contributed by atoms with E-state index in [-0.39, 0.29) is 11.0 Å². The van der Waals surface area contributed by atoms with E-state index in [1.54, 1.807) is 0 Å². The van der Waals surface area contributed by atoms with Crippen LogP contribution in [0.5, 0.6) is 5.75 Å². The van der Waals surface area contributed by atoms with Crippen molar-refractivity contribution in [3.05, 3.63) is 23.0 Å². The Morgan fingerprint density at radius 2 is 2.20 bits per heavy atom. The molecule has 0 atom stereocenters. The molecule has 0 amide bonds. The fourth-order valence-electron chi connectivity index (χ4n) is 0.993. The van der Waals surface area contributed by atoms with E-state index < -0.39 is 29.4 Å². The maximum Gasteiger partial charge on any atom is 0.337 e. The van der Waals surface area contributed by atoms with E-state index in [4.69, 9.17) is 5.11 Å². The summed E-state index contributed by atoms with van der Waals surface area (Å²) in [4.78, 5) is 14.0. The van der Waals surface area contributed by atoms with Crippen LogP contribution in [0.1, 0.15) is 28.2 Å². The molecule has 82 valence electrons. The van der Waals surface area contributed by atoms with Crippen LogP contribution in [0, 0.1) is 0 Å². The molecule has 15 heavy (non-hydrogen) atoms. The summed E-state index contributed by atoms with van der Waals surface area (Å²) in [5.74, 6) is -1.97. The molecule has 1 aromatic rings. The smallest absolute Gasteiger partial charge is 0.337 e. The van der Waals surface area contributed by atoms with Crippen molar-refractivity contribution in [1.29, 1.82) is 0 Å². The minimum absolute atomic E-state index is 0.0182. The van der Waals surface area contributed by atoms with Crippen LogP contribution in [0.15, 0.2) is 6.07 Å². The van der Waals surface area contributed by atoms with Gasteiger partial charge in [-0.3, -0.25) is 0 Å². The molecule has 1 rings (SSSR count). The number of hydrogen-bond acceptors (Lipinski definition) is 3. The van der Waals surface area contributed by atoms with Gasteiger partial charge in [0, 0.05) is 5.33 Å². The Hall–Kier alpha value is -1.24. The largest absolute Gasteiger partial charge is 0.506 e. The quantitative estimate of drug-likeness (QED) is 0.835. The second kappa shape index (κ2) is 4.52. The fourth-order valence-corrected chi connectivity index (χ4v) is 1.41. The van der Waals surface area contributed by atoms with Gasteiger partial charge in [-0.05, 0) is 6.07 Å². The molecule has 0 spiro atoms. The van der Waals surface area contributed by atoms with Gasteiger partial charge in [-0.1, -0.05) is 15.9 Å². The monoisotopic (exact) mass is 281 g/mol. The minimum atomic E-state index is -2.99. The summed E-state index contributed by atoms with van der Waals surface area (Å²) in [6, 6.07) is 0.771. The van der Waals surface area contributed by atoms with Gasteiger partial charge in [0.1, 0.15) is 11.4 Å². The molecular formula is C8H6BrF2NO3. The molecule has 2 N–H and O–H groups in total. The van der Waals surface area contributed by atoms with Crippen LogP contribution in [-0.2, 0) is 5.33 Å². The van der Waals surface area contributed by atoms with Gasteiger partial charge in [0.25, 0.3) is 6.43 Å². The SMILES string of the molecule is O=C(O)c1cc(O)c(CBr)nc1C(F)F. The Balaban J connectivity index is 3.38. The topological polar surface area (TPSA) is 70.4 Å². The maximum absolute atomic E-state index is 12.4. The van der Waals surface area contributed by atoms with Crippen molar-refractivity contribution < 1.29 is 23.8 Å². The third-order valence-electron chi connectivity index (χ3n) is 1.67. The average molecular weight is 282 g/mol. The van der Waals surface area contributed by atoms with Crippen LogP contribution >= 0.6 is 15.9 Å². The normalized spacial score (nSPS) is 10.7. The number of alkyl halides is 3. The number of rotatable bonds is 3. The van der Waals surface area contributed by atoms with Crippen LogP contribution < -0.4 is 0 Å². The molecule has 0 bridgehead atoms. The lowest BCUT2D eigenvalue weighted by molar-refractivity contribution is 0.0681. The minimum Gasteiger partial charge on any atom is -0.506 e. The van der Waals surface area contributed by atoms with E-state index >= 15 is 0 Å². The molecule has 0 aromatic carbocycles. The molecule has 0 saturated heterocycles. The Morgan fingerprint density at radius 1 is 1.60 bits per heavy atom. The highest BCUT2D eigenvalue weighted by Crippen LogP contribution is 2.27. The van der Waals surface area contributed by atoms with Gasteiger partial charge in [0.05, 0.1) is 11.3 Å². The molecule has 0 unspecified atom stereocenters. The molecular weight excluding hydrogens is 276 g/mol. The Labute approximate surface area is 91.7 Å². The van der Waals surface area contributed by atoms with Crippen LogP contribution in [0.2, 0.25) is 0 Å². The van der Waals surface area contributed by atoms with Crippen molar-refractivity contribution in [2.24, 2.45) is 0 Å². The highest BCUT2D eigenvalue weighted by molar-refractivity contribution is 9.08. The van der Waals surface area contributed by atoms with E-state index in [1.165, 1.54) is 0 Å². The highest BCUT2D eigenvalue weighted by atomic mass is 79.9. The van der Waals surface area contributed by atoms with E-state index in [2.05, 4.69) is 20.9 Å². The van der Waals surface area contributed by atoms with Crippen molar-refractivity contribution >= 4 is 21.9 Å². The molecule has 0 saturated carbocycles. The summed E-state index contributed by atoms with van der Waals surface area (Å²) >= 11 is 2.94. The standard InChI is InChI=1S/C8H6BrF2NO3/c9-2-4-5(13)1-3(8(14)15)6(12-4)7(10)11/h1,7,13H,2H2,(H,14,15). The fraction of sp³-hybridized carbons (Fsp3) is 0.250. The molecule has 0 aliphatic rings. The van der Waals surface area contributed by atoms with E-state index in [0.717, 1.165) is 6.07 Å². The first-order chi connectivity index (χ1) is 6.97. The summed E-state index contributed by atoms with van der Waals surface area (Å²) < 4.78 is 24.8. The number of carboxylic acid groups (broad SMARTS) is 1.